The van der Waals surface area contributed by atoms with Crippen molar-refractivity contribution in [3.63, 3.8) is 0 Å². The molecule has 0 saturated heterocycles. The molecule has 1 rings (SSSR count). The molecule has 0 heterocycles. The Bertz CT molecular complexity index is 424. The molecule has 1 aromatic rings. The lowest BCUT2D eigenvalue weighted by Crippen LogP contribution is -2.23. The number of ether oxygens (including phenoxy) is 1. The average molecular weight is 230 g/mol. The van der Waals surface area contributed by atoms with Crippen LogP contribution in [-0.2, 0) is 10.3 Å². The van der Waals surface area contributed by atoms with Crippen molar-refractivity contribution in [2.24, 2.45) is 0 Å². The fourth-order valence-electron chi connectivity index (χ4n) is 1.34. The summed E-state index contributed by atoms with van der Waals surface area (Å²) in [5.41, 5.74) is 0.344. The van der Waals surface area contributed by atoms with Gasteiger partial charge in [0.15, 0.2) is 5.60 Å². The Balaban J connectivity index is 3.06. The molecule has 2 heteroatoms. The summed E-state index contributed by atoms with van der Waals surface area (Å²) in [5, 5.41) is 1.28. The molecule has 0 aromatic heterocycles. The van der Waals surface area contributed by atoms with E-state index in [1.54, 1.807) is 0 Å². The molecule has 0 radical (unpaired) electrons. The van der Waals surface area contributed by atoms with Crippen molar-refractivity contribution in [3.8, 4) is 12.3 Å². The van der Waals surface area contributed by atoms with Gasteiger partial charge in [0.1, 0.15) is 0 Å². The van der Waals surface area contributed by atoms with Gasteiger partial charge in [-0.2, -0.15) is 0 Å². The molecule has 0 aliphatic heterocycles. The minimum absolute atomic E-state index is 0.670. The van der Waals surface area contributed by atoms with Gasteiger partial charge < -0.3 is 4.74 Å². The van der Waals surface area contributed by atoms with E-state index < -0.39 is 5.60 Å². The van der Waals surface area contributed by atoms with Crippen molar-refractivity contribution in [2.75, 3.05) is 0 Å². The molecular weight excluding hydrogens is 212 g/mol. The zero-order chi connectivity index (χ0) is 12.2. The fourth-order valence-corrected chi connectivity index (χ4v) is 1.44. The predicted molar refractivity (Wildman–Crippen MR) is 72.0 cm³/mol. The lowest BCUT2D eigenvalue weighted by atomic mass is 9.97. The van der Waals surface area contributed by atoms with E-state index >= 15 is 0 Å². The molecule has 0 fully saturated rings. The fraction of sp³-hybridized carbons (Fsp3) is 0.286. The van der Waals surface area contributed by atoms with E-state index in [9.17, 15) is 0 Å². The monoisotopic (exact) mass is 230 g/mol. The Morgan fingerprint density at radius 2 is 1.88 bits per heavy atom. The minimum atomic E-state index is -0.670. The van der Waals surface area contributed by atoms with E-state index in [2.05, 4.69) is 12.8 Å². The average Bonchev–Trinajstić information content (AvgIpc) is 2.29. The molecule has 1 atom stereocenters. The van der Waals surface area contributed by atoms with Gasteiger partial charge in [0.2, 0.25) is 0 Å². The van der Waals surface area contributed by atoms with Gasteiger partial charge in [0.05, 0.1) is 5.76 Å². The van der Waals surface area contributed by atoms with E-state index in [4.69, 9.17) is 11.2 Å². The van der Waals surface area contributed by atoms with Crippen LogP contribution in [0.3, 0.4) is 0 Å². The number of hydrogen-bond donors (Lipinski definition) is 0. The molecule has 84 valence electrons. The first-order valence-corrected chi connectivity index (χ1v) is 6.36. The molecule has 1 nitrogen and oxygen atoms in total. The zero-order valence-corrected chi connectivity index (χ0v) is 12.4. The van der Waals surface area contributed by atoms with Gasteiger partial charge in [0.25, 0.3) is 0 Å². The zero-order valence-electron chi connectivity index (χ0n) is 10.4. The Kier molecular flexibility index (Phi) is 3.97. The predicted octanol–water partition coefficient (Wildman–Crippen LogP) is 2.17. The lowest BCUT2D eigenvalue weighted by Gasteiger charge is -2.27. The highest BCUT2D eigenvalue weighted by molar-refractivity contribution is 6.21. The molecule has 0 saturated carbocycles. The minimum Gasteiger partial charge on any atom is -0.476 e. The van der Waals surface area contributed by atoms with Gasteiger partial charge in [0, 0.05) is 15.8 Å². The molecule has 1 aromatic carbocycles. The summed E-state index contributed by atoms with van der Waals surface area (Å²) in [6.07, 6.45) is 5.60. The Morgan fingerprint density at radius 3 is 2.31 bits per heavy atom. The van der Waals surface area contributed by atoms with Crippen molar-refractivity contribution < 1.29 is 4.74 Å². The molecule has 1 unspecified atom stereocenters. The van der Waals surface area contributed by atoms with Gasteiger partial charge >= 0.3 is 0 Å². The van der Waals surface area contributed by atoms with Crippen LogP contribution in [0.1, 0.15) is 26.3 Å². The van der Waals surface area contributed by atoms with Crippen LogP contribution >= 0.6 is 0 Å². The molecule has 16 heavy (non-hydrogen) atoms. The second-order valence-corrected chi connectivity index (χ2v) is 5.70. The second kappa shape index (κ2) is 5.04. The van der Waals surface area contributed by atoms with E-state index in [0.717, 1.165) is 21.6 Å². The lowest BCUT2D eigenvalue weighted by molar-refractivity contribution is 0.0686. The molecular formula is C14H18OSi. The maximum Gasteiger partial charge on any atom is 0.191 e. The van der Waals surface area contributed by atoms with E-state index in [1.165, 1.54) is 5.20 Å². The molecule has 0 N–H and O–H groups in total. The van der Waals surface area contributed by atoms with E-state index in [-0.39, 0.29) is 0 Å². The molecule has 0 amide bonds. The maximum absolute atomic E-state index is 5.91. The van der Waals surface area contributed by atoms with Gasteiger partial charge in [-0.05, 0) is 20.8 Å². The summed E-state index contributed by atoms with van der Waals surface area (Å²) >= 11 is 0. The van der Waals surface area contributed by atoms with Gasteiger partial charge in [-0.15, -0.1) is 6.42 Å². The highest BCUT2D eigenvalue weighted by atomic mass is 28.1. The summed E-state index contributed by atoms with van der Waals surface area (Å²) in [5.74, 6) is 3.68. The number of benzene rings is 1. The van der Waals surface area contributed by atoms with Crippen molar-refractivity contribution in [1.82, 2.24) is 0 Å². The Hall–Kier alpha value is -1.46. The number of hydrogen-bond acceptors (Lipinski definition) is 1. The third-order valence-corrected chi connectivity index (χ3v) is 3.37. The molecule has 0 bridgehead atoms. The van der Waals surface area contributed by atoms with Crippen LogP contribution in [-0.4, -0.2) is 10.2 Å². The quantitative estimate of drug-likeness (QED) is 0.439. The van der Waals surface area contributed by atoms with Crippen LogP contribution < -0.4 is 0 Å². The smallest absolute Gasteiger partial charge is 0.191 e. The van der Waals surface area contributed by atoms with Gasteiger partial charge in [-0.25, -0.2) is 0 Å². The van der Waals surface area contributed by atoms with Crippen LogP contribution in [0.15, 0.2) is 41.3 Å². The largest absolute Gasteiger partial charge is 0.476 e. The second-order valence-electron chi connectivity index (χ2n) is 4.20. The summed E-state index contributed by atoms with van der Waals surface area (Å²) in [6, 6.07) is 9.91. The Morgan fingerprint density at radius 1 is 1.31 bits per heavy atom. The first-order chi connectivity index (χ1) is 7.49. The number of allylic oxidation sites excluding steroid dienone is 2. The van der Waals surface area contributed by atoms with Crippen molar-refractivity contribution >= 4 is 10.2 Å². The molecule has 0 aliphatic rings. The highest BCUT2D eigenvalue weighted by Gasteiger charge is 2.25. The first kappa shape index (κ1) is 12.6. The topological polar surface area (TPSA) is 9.23 Å². The van der Waals surface area contributed by atoms with E-state index in [1.807, 2.05) is 44.2 Å². The first-order valence-electron chi connectivity index (χ1n) is 5.36. The third-order valence-electron chi connectivity index (χ3n) is 2.66. The highest BCUT2D eigenvalue weighted by Crippen LogP contribution is 2.27. The van der Waals surface area contributed by atoms with Crippen LogP contribution in [0, 0.1) is 12.3 Å². The van der Waals surface area contributed by atoms with Crippen LogP contribution in [0.5, 0.6) is 0 Å². The van der Waals surface area contributed by atoms with Crippen molar-refractivity contribution in [2.45, 2.75) is 26.4 Å². The van der Waals surface area contributed by atoms with E-state index in [0.29, 0.717) is 0 Å². The molecule has 0 aliphatic carbocycles. The van der Waals surface area contributed by atoms with Crippen LogP contribution in [0.25, 0.3) is 0 Å². The number of rotatable bonds is 3. The van der Waals surface area contributed by atoms with Gasteiger partial charge in [-0.1, -0.05) is 41.4 Å². The van der Waals surface area contributed by atoms with Crippen molar-refractivity contribution in [1.29, 1.82) is 0 Å². The standard InChI is InChI=1S/C14H18OSi/c1-5-14(4,15-11(2)12(3)16)13-9-7-6-8-10-13/h1,6-10H,2-4,16H3. The summed E-state index contributed by atoms with van der Waals surface area (Å²) in [4.78, 5) is 0. The summed E-state index contributed by atoms with van der Waals surface area (Å²) < 4.78 is 5.91. The molecule has 0 spiro atoms. The van der Waals surface area contributed by atoms with Crippen LogP contribution in [0.2, 0.25) is 0 Å². The maximum atomic E-state index is 5.91. The third kappa shape index (κ3) is 2.77. The Labute approximate surface area is 101 Å². The summed E-state index contributed by atoms with van der Waals surface area (Å²) in [6.45, 7) is 5.97. The number of terminal acetylenes is 1. The summed E-state index contributed by atoms with van der Waals surface area (Å²) in [7, 11) is 0.997. The normalized spacial score (nSPS) is 15.9. The van der Waals surface area contributed by atoms with Gasteiger partial charge in [-0.3, -0.25) is 0 Å². The van der Waals surface area contributed by atoms with Crippen LogP contribution in [0.4, 0.5) is 0 Å². The SMILES string of the molecule is C#CC(C)(OC(C)=C(C)[SiH3])c1ccccc1. The van der Waals surface area contributed by atoms with Crippen molar-refractivity contribution in [3.05, 3.63) is 46.9 Å².